The van der Waals surface area contributed by atoms with Crippen molar-refractivity contribution >= 4 is 234 Å². The van der Waals surface area contributed by atoms with Crippen LogP contribution in [-0.2, 0) is 9.31 Å². The second-order valence-electron chi connectivity index (χ2n) is 28.5. The Labute approximate surface area is 729 Å². The number of nitrogens with two attached hydrogens (primary N) is 2. The van der Waals surface area contributed by atoms with E-state index < -0.39 is 14.2 Å². The monoisotopic (exact) mass is 1770 g/mol. The van der Waals surface area contributed by atoms with Gasteiger partial charge >= 0.3 is 14.2 Å². The van der Waals surface area contributed by atoms with E-state index in [1.807, 2.05) is 152 Å². The van der Waals surface area contributed by atoms with Gasteiger partial charge in [0.25, 0.3) is 0 Å². The molecule has 0 unspecified atom stereocenters. The molecule has 119 heavy (non-hydrogen) atoms. The van der Waals surface area contributed by atoms with Crippen molar-refractivity contribution in [2.45, 2.75) is 38.9 Å². The second-order valence-corrected chi connectivity index (χ2v) is 32.4. The number of aromatic nitrogens is 6. The van der Waals surface area contributed by atoms with Crippen molar-refractivity contribution in [2.75, 3.05) is 11.5 Å². The summed E-state index contributed by atoms with van der Waals surface area (Å²) in [4.78, 5) is 39.0. The third-order valence-electron chi connectivity index (χ3n) is 20.4. The number of aromatic amines is 1. The van der Waals surface area contributed by atoms with Gasteiger partial charge in [-0.2, -0.15) is 0 Å². The minimum atomic E-state index is -1.54. The third-order valence-corrected chi connectivity index (χ3v) is 23.0. The number of hydrogen-bond donors (Lipinski definition) is 5. The van der Waals surface area contributed by atoms with Crippen molar-refractivity contribution in [2.24, 2.45) is 0 Å². The minimum absolute atomic E-state index is 0.257. The summed E-state index contributed by atoms with van der Waals surface area (Å²) in [6.07, 6.45) is 1.64. The molecule has 0 aliphatic carbocycles. The van der Waals surface area contributed by atoms with E-state index in [1.165, 1.54) is 33.7 Å². The minimum Gasteiger partial charge on any atom is -0.423 e. The van der Waals surface area contributed by atoms with Gasteiger partial charge in [0.1, 0.15) is 17.1 Å². The molecule has 0 bridgehead atoms. The Balaban J connectivity index is 0.000000119. The number of benzene rings is 14. The van der Waals surface area contributed by atoms with E-state index in [4.69, 9.17) is 127 Å². The van der Waals surface area contributed by atoms with Gasteiger partial charge in [0.15, 0.2) is 12.6 Å². The van der Waals surface area contributed by atoms with Crippen molar-refractivity contribution < 1.29 is 28.9 Å². The summed E-state index contributed by atoms with van der Waals surface area (Å²) in [5, 5.41) is 28.4. The number of hydrogen-bond acceptors (Lipinski definition) is 11. The SMILES string of the molecule is CC1(C)OB(c2ccc3c4ccccc4c4nc5ccccc5n4c3c2)OC1(C)C.Clc1ccc(-c2ccccc2-c2nc3ccccc3[nH]2)c(Cl)c1.Clc1ccc2c3ccccc3c3nc4ccccc4n3c2c1.Nc1ccccc1N.O=Cc1ccccc1-c1ccc(Cl)cc1Cl.O=Cc1ccccc1Br.OB(O)c1ccc(Cl)cc1Cl. The van der Waals surface area contributed by atoms with Crippen LogP contribution in [0.5, 0.6) is 0 Å². The first-order valence-corrected chi connectivity index (χ1v) is 40.9. The topological polar surface area (TPSA) is 208 Å². The molecule has 14 nitrogen and oxygen atoms in total. The second kappa shape index (κ2) is 37.0. The van der Waals surface area contributed by atoms with Crippen molar-refractivity contribution in [1.82, 2.24) is 28.7 Å². The number of nitrogens with one attached hydrogen (secondary N) is 1. The molecule has 0 radical (unpaired) electrons. The summed E-state index contributed by atoms with van der Waals surface area (Å²) < 4.78 is 18.0. The number of para-hydroxylation sites is 8. The van der Waals surface area contributed by atoms with E-state index in [9.17, 15) is 9.59 Å². The highest BCUT2D eigenvalue weighted by Crippen LogP contribution is 2.41. The molecule has 1 saturated heterocycles. The fraction of sp³-hybridized carbons (Fsp3) is 0.0632. The fourth-order valence-corrected chi connectivity index (χ4v) is 15.9. The van der Waals surface area contributed by atoms with Crippen LogP contribution in [0.3, 0.4) is 0 Å². The summed E-state index contributed by atoms with van der Waals surface area (Å²) in [6.45, 7) is 8.35. The van der Waals surface area contributed by atoms with Crippen LogP contribution in [-0.4, -0.2) is 76.8 Å². The van der Waals surface area contributed by atoms with E-state index in [2.05, 4.69) is 154 Å². The number of anilines is 2. The summed E-state index contributed by atoms with van der Waals surface area (Å²) in [6, 6.07) is 99.1. The van der Waals surface area contributed by atoms with Crippen LogP contribution in [0.1, 0.15) is 48.4 Å². The lowest BCUT2D eigenvalue weighted by Gasteiger charge is -2.32. The molecule has 14 aromatic carbocycles. The predicted molar refractivity (Wildman–Crippen MR) is 502 cm³/mol. The summed E-state index contributed by atoms with van der Waals surface area (Å²) in [5.41, 5.74) is 28.9. The van der Waals surface area contributed by atoms with E-state index in [1.54, 1.807) is 48.5 Å². The van der Waals surface area contributed by atoms with E-state index >= 15 is 0 Å². The quantitative estimate of drug-likeness (QED) is 0.0439. The largest absolute Gasteiger partial charge is 0.494 e. The van der Waals surface area contributed by atoms with Gasteiger partial charge in [-0.25, -0.2) is 15.0 Å². The van der Waals surface area contributed by atoms with Gasteiger partial charge < -0.3 is 35.8 Å². The average molecular weight is 1770 g/mol. The van der Waals surface area contributed by atoms with Crippen LogP contribution in [0.2, 0.25) is 35.2 Å². The number of pyridine rings is 2. The third kappa shape index (κ3) is 18.5. The molecule has 7 N–H and O–H groups in total. The van der Waals surface area contributed by atoms with E-state index in [-0.39, 0.29) is 21.7 Å². The molecule has 0 saturated carbocycles. The number of imidazole rings is 3. The Morgan fingerprint density at radius 2 is 0.807 bits per heavy atom. The number of carbonyl (C=O) groups excluding carboxylic acids is 2. The zero-order chi connectivity index (χ0) is 83.8. The van der Waals surface area contributed by atoms with Gasteiger partial charge in [-0.3, -0.25) is 18.4 Å². The Morgan fingerprint density at radius 1 is 0.395 bits per heavy atom. The van der Waals surface area contributed by atoms with Gasteiger partial charge in [-0.05, 0) is 164 Å². The predicted octanol–water partition coefficient (Wildman–Crippen LogP) is 25.0. The van der Waals surface area contributed by atoms with Crippen LogP contribution < -0.4 is 22.4 Å². The van der Waals surface area contributed by atoms with Gasteiger partial charge in [0, 0.05) is 94.5 Å². The highest BCUT2D eigenvalue weighted by molar-refractivity contribution is 9.10. The number of aldehydes is 2. The van der Waals surface area contributed by atoms with Gasteiger partial charge in [-0.1, -0.05) is 297 Å². The number of carbonyl (C=O) groups is 2. The number of rotatable bonds is 7. The molecule has 19 aromatic rings. The van der Waals surface area contributed by atoms with Crippen LogP contribution in [0.15, 0.2) is 314 Å². The Kier molecular flexibility index (Phi) is 26.3. The summed E-state index contributed by atoms with van der Waals surface area (Å²) >= 11 is 45.0. The standard InChI is InChI=1S/C25H23BN2O2.C19H12Cl2N2.C19H11ClN2.C13H8Cl2O.C7H5BrO.C6H5BCl2O2.C6H8N2/c1-24(2)25(3,4)30-26(29-24)16-13-14-18-17-9-5-6-10-19(17)23-27-20-11-7-8-12-21(20)28(23)22(18)15-16;20-12-9-10-14(16(21)11-12)13-5-1-2-6-15(13)19-22-17-7-3-4-8-18(17)23-19;20-12-9-10-14-13-5-1-2-6-15(13)19-21-16-7-3-4-8-17(16)22(19)18(14)11-12;14-10-5-6-12(13(15)7-10)11-4-2-1-3-9(11)8-16;8-7-4-2-1-3-6(7)5-9;8-4-1-2-5(7(10)11)6(9)3-4;7-5-3-1-2-4-6(5)8/h5-15H,1-4H3;1-11H,(H,22,23);1-11H;1-8H;1-5H;1-3,10-11H;1-4H,7-8H2. The van der Waals surface area contributed by atoms with Crippen molar-refractivity contribution in [3.8, 4) is 33.6 Å². The van der Waals surface area contributed by atoms with Crippen LogP contribution in [0.4, 0.5) is 11.4 Å². The molecule has 5 aromatic heterocycles. The number of fused-ring (bicyclic) bond motifs is 17. The van der Waals surface area contributed by atoms with Crippen molar-refractivity contribution in [1.29, 1.82) is 0 Å². The number of nitrogen functional groups attached to an aromatic ring is 2. The summed E-state index contributed by atoms with van der Waals surface area (Å²) in [5.74, 6) is 0.827. The average Bonchev–Trinajstić information content (AvgIpc) is 1.59. The normalized spacial score (nSPS) is 12.5. The molecule has 1 fully saturated rings. The van der Waals surface area contributed by atoms with Gasteiger partial charge in [-0.15, -0.1) is 0 Å². The zero-order valence-corrected chi connectivity index (χ0v) is 71.1. The van der Waals surface area contributed by atoms with Crippen LogP contribution in [0, 0.1) is 0 Å². The first-order chi connectivity index (χ1) is 57.4. The Morgan fingerprint density at radius 3 is 1.31 bits per heavy atom. The first-order valence-electron chi connectivity index (χ1n) is 37.4. The van der Waals surface area contributed by atoms with E-state index in [0.29, 0.717) is 47.6 Å². The molecule has 6 heterocycles. The molecule has 1 aliphatic heterocycles. The molecule has 20 rings (SSSR count). The van der Waals surface area contributed by atoms with Gasteiger partial charge in [0.05, 0.1) is 66.7 Å². The molecule has 0 amide bonds. The molecule has 0 spiro atoms. The maximum Gasteiger partial charge on any atom is 0.494 e. The molecular weight excluding hydrogens is 1700 g/mol. The lowest BCUT2D eigenvalue weighted by molar-refractivity contribution is 0.00578. The molecule has 0 atom stereocenters. The van der Waals surface area contributed by atoms with Gasteiger partial charge in [0.2, 0.25) is 0 Å². The number of halogens is 8. The Hall–Kier alpha value is -11.1. The Bertz CT molecular complexity index is 6940. The molecule has 24 heteroatoms. The number of nitrogens with zero attached hydrogens (tertiary/aromatic N) is 5. The smallest absolute Gasteiger partial charge is 0.423 e. The highest BCUT2D eigenvalue weighted by Gasteiger charge is 2.52. The maximum atomic E-state index is 10.9. The van der Waals surface area contributed by atoms with Crippen molar-refractivity contribution in [3.63, 3.8) is 0 Å². The first kappa shape index (κ1) is 84.4. The van der Waals surface area contributed by atoms with Crippen molar-refractivity contribution in [3.05, 3.63) is 360 Å². The van der Waals surface area contributed by atoms with Crippen LogP contribution >= 0.6 is 97.1 Å². The lowest BCUT2D eigenvalue weighted by Crippen LogP contribution is -2.41. The molecular formula is C95H72B2BrCl7N8O6. The van der Waals surface area contributed by atoms with Crippen LogP contribution in [0.25, 0.3) is 121 Å². The molecule has 590 valence electrons. The highest BCUT2D eigenvalue weighted by atomic mass is 79.9. The lowest BCUT2D eigenvalue weighted by atomic mass is 9.78. The zero-order valence-electron chi connectivity index (χ0n) is 64.2. The van der Waals surface area contributed by atoms with E-state index in [0.717, 1.165) is 127 Å². The number of H-pyrrole nitrogens is 1. The maximum absolute atomic E-state index is 10.9. The summed E-state index contributed by atoms with van der Waals surface area (Å²) in [7, 11) is -1.93. The fourth-order valence-electron chi connectivity index (χ4n) is 13.8. The molecule has 1 aliphatic rings.